The maximum absolute atomic E-state index is 13.1. The number of hydrogen-bond donors (Lipinski definition) is 0. The number of nitrogens with zero attached hydrogens (tertiary/aromatic N) is 5. The number of rotatable bonds is 5. The normalized spacial score (nSPS) is 11.1. The topological polar surface area (TPSA) is 82.2 Å². The molecule has 0 aliphatic carbocycles. The van der Waals surface area contributed by atoms with Gasteiger partial charge in [-0.3, -0.25) is 4.57 Å². The van der Waals surface area contributed by atoms with Crippen LogP contribution in [0.4, 0.5) is 4.79 Å². The average molecular weight is 486 g/mol. The Labute approximate surface area is 200 Å². The van der Waals surface area contributed by atoms with Crippen LogP contribution in [-0.4, -0.2) is 50.7 Å². The summed E-state index contributed by atoms with van der Waals surface area (Å²) in [7, 11) is 4.79. The van der Waals surface area contributed by atoms with Crippen LogP contribution in [0, 0.1) is 0 Å². The van der Waals surface area contributed by atoms with Crippen LogP contribution in [0.5, 0.6) is 5.75 Å². The molecule has 170 valence electrons. The fraction of sp³-hybridized carbons (Fsp3) is 0.217. The first kappa shape index (κ1) is 22.8. The van der Waals surface area contributed by atoms with E-state index < -0.39 is 11.7 Å². The number of halogens is 2. The van der Waals surface area contributed by atoms with E-state index in [0.29, 0.717) is 45.7 Å². The Bertz CT molecular complexity index is 1410. The van der Waals surface area contributed by atoms with Crippen molar-refractivity contribution in [2.45, 2.75) is 6.42 Å². The van der Waals surface area contributed by atoms with Crippen molar-refractivity contribution in [3.63, 3.8) is 0 Å². The summed E-state index contributed by atoms with van der Waals surface area (Å²) in [6.45, 7) is 0.377. The minimum atomic E-state index is -0.492. The summed E-state index contributed by atoms with van der Waals surface area (Å²) in [6, 6.07) is 12.2. The first-order valence-electron chi connectivity index (χ1n) is 10.1. The molecule has 0 spiro atoms. The molecule has 0 radical (unpaired) electrons. The minimum absolute atomic E-state index is 0.334. The van der Waals surface area contributed by atoms with E-state index in [-0.39, 0.29) is 0 Å². The number of aromatic nitrogens is 4. The summed E-state index contributed by atoms with van der Waals surface area (Å²) in [5.41, 5.74) is 1.87. The third kappa shape index (κ3) is 4.44. The Morgan fingerprint density at radius 1 is 1.15 bits per heavy atom. The molecule has 4 rings (SSSR count). The number of carbonyl (C=O) groups is 1. The third-order valence-electron chi connectivity index (χ3n) is 5.35. The van der Waals surface area contributed by atoms with Gasteiger partial charge in [-0.25, -0.2) is 24.1 Å². The lowest BCUT2D eigenvalue weighted by Gasteiger charge is -2.17. The molecule has 4 aromatic rings. The predicted octanol–water partition coefficient (Wildman–Crippen LogP) is 4.26. The van der Waals surface area contributed by atoms with Crippen LogP contribution in [0.1, 0.15) is 5.56 Å². The van der Waals surface area contributed by atoms with E-state index >= 15 is 0 Å². The van der Waals surface area contributed by atoms with Crippen LogP contribution in [0.3, 0.4) is 0 Å². The van der Waals surface area contributed by atoms with E-state index in [1.165, 1.54) is 15.7 Å². The molecule has 0 unspecified atom stereocenters. The summed E-state index contributed by atoms with van der Waals surface area (Å²) in [5.74, 6) is 1.09. The van der Waals surface area contributed by atoms with Crippen molar-refractivity contribution < 1.29 is 9.53 Å². The second-order valence-corrected chi connectivity index (χ2v) is 8.33. The molecule has 1 amide bonds. The minimum Gasteiger partial charge on any atom is -0.497 e. The Kier molecular flexibility index (Phi) is 6.40. The van der Waals surface area contributed by atoms with E-state index in [2.05, 4.69) is 9.97 Å². The van der Waals surface area contributed by atoms with Gasteiger partial charge in [-0.05, 0) is 36.2 Å². The lowest BCUT2D eigenvalue weighted by molar-refractivity contribution is 0.211. The Hall–Kier alpha value is -3.36. The predicted molar refractivity (Wildman–Crippen MR) is 128 cm³/mol. The van der Waals surface area contributed by atoms with Crippen LogP contribution in [0.25, 0.3) is 22.6 Å². The van der Waals surface area contributed by atoms with Gasteiger partial charge in [-0.15, -0.1) is 0 Å². The number of fused-ring (bicyclic) bond motifs is 1. The Balaban J connectivity index is 1.62. The van der Waals surface area contributed by atoms with E-state index in [9.17, 15) is 9.59 Å². The largest absolute Gasteiger partial charge is 0.497 e. The average Bonchev–Trinajstić information content (AvgIpc) is 3.08. The molecule has 0 aliphatic rings. The highest BCUT2D eigenvalue weighted by Gasteiger charge is 2.22. The number of imidazole rings is 1. The highest BCUT2D eigenvalue weighted by Crippen LogP contribution is 2.24. The number of amides is 1. The summed E-state index contributed by atoms with van der Waals surface area (Å²) < 4.78 is 7.68. The standard InChI is InChI=1S/C23H21Cl2N5O3/c1-28(10-9-14-7-8-17(24)18(25)11-14)22(31)30-19-13-26-20(27-21(19)29(2)23(30)32)15-5-4-6-16(12-15)33-3/h4-8,11-13H,9-10H2,1-3H3. The van der Waals surface area contributed by atoms with Gasteiger partial charge in [0.25, 0.3) is 0 Å². The van der Waals surface area contributed by atoms with Gasteiger partial charge in [0.1, 0.15) is 11.3 Å². The van der Waals surface area contributed by atoms with E-state index in [0.717, 1.165) is 15.7 Å². The van der Waals surface area contributed by atoms with Gasteiger partial charge < -0.3 is 9.64 Å². The van der Waals surface area contributed by atoms with Crippen LogP contribution in [0.2, 0.25) is 10.0 Å². The second-order valence-electron chi connectivity index (χ2n) is 7.51. The molecule has 0 aliphatic heterocycles. The molecular formula is C23H21Cl2N5O3. The van der Waals surface area contributed by atoms with Crippen LogP contribution < -0.4 is 10.4 Å². The Morgan fingerprint density at radius 3 is 2.67 bits per heavy atom. The van der Waals surface area contributed by atoms with Crippen LogP contribution >= 0.6 is 23.2 Å². The maximum Gasteiger partial charge on any atom is 0.338 e. The molecule has 0 atom stereocenters. The highest BCUT2D eigenvalue weighted by molar-refractivity contribution is 6.42. The molecule has 0 saturated carbocycles. The van der Waals surface area contributed by atoms with Crippen molar-refractivity contribution in [1.82, 2.24) is 24.0 Å². The van der Waals surface area contributed by atoms with Gasteiger partial charge in [0.15, 0.2) is 11.5 Å². The van der Waals surface area contributed by atoms with Gasteiger partial charge in [0.05, 0.1) is 23.4 Å². The van der Waals surface area contributed by atoms with E-state index in [1.807, 2.05) is 24.3 Å². The van der Waals surface area contributed by atoms with Gasteiger partial charge in [-0.1, -0.05) is 41.4 Å². The molecular weight excluding hydrogens is 465 g/mol. The van der Waals surface area contributed by atoms with Crippen LogP contribution in [0.15, 0.2) is 53.5 Å². The molecule has 10 heteroatoms. The molecule has 8 nitrogen and oxygen atoms in total. The molecule has 2 aromatic heterocycles. The molecule has 2 aromatic carbocycles. The molecule has 0 fully saturated rings. The zero-order chi connectivity index (χ0) is 23.7. The molecule has 0 N–H and O–H groups in total. The van der Waals surface area contributed by atoms with Crippen molar-refractivity contribution in [3.05, 3.63) is 74.8 Å². The summed E-state index contributed by atoms with van der Waals surface area (Å²) in [5, 5.41) is 0.929. The third-order valence-corrected chi connectivity index (χ3v) is 6.09. The van der Waals surface area contributed by atoms with E-state index in [1.54, 1.807) is 39.4 Å². The smallest absolute Gasteiger partial charge is 0.338 e. The van der Waals surface area contributed by atoms with E-state index in [4.69, 9.17) is 27.9 Å². The number of likely N-dealkylation sites (N-methyl/N-ethyl adjacent to an activating group) is 1. The van der Waals surface area contributed by atoms with Crippen molar-refractivity contribution in [3.8, 4) is 17.1 Å². The monoisotopic (exact) mass is 485 g/mol. The zero-order valence-corrected chi connectivity index (χ0v) is 19.8. The number of carbonyl (C=O) groups excluding carboxylic acids is 1. The molecule has 0 bridgehead atoms. The molecule has 2 heterocycles. The van der Waals surface area contributed by atoms with Crippen molar-refractivity contribution in [2.75, 3.05) is 20.7 Å². The fourth-order valence-corrected chi connectivity index (χ4v) is 3.78. The molecule has 0 saturated heterocycles. The first-order valence-corrected chi connectivity index (χ1v) is 10.8. The fourth-order valence-electron chi connectivity index (χ4n) is 3.46. The number of benzene rings is 2. The van der Waals surface area contributed by atoms with Crippen molar-refractivity contribution in [2.24, 2.45) is 7.05 Å². The lowest BCUT2D eigenvalue weighted by Crippen LogP contribution is -2.38. The number of aryl methyl sites for hydroxylation is 1. The summed E-state index contributed by atoms with van der Waals surface area (Å²) >= 11 is 12.0. The SMILES string of the molecule is COc1cccc(-c2ncc3c(n2)n(C)c(=O)n3C(=O)N(C)CCc2ccc(Cl)c(Cl)c2)c1. The van der Waals surface area contributed by atoms with Gasteiger partial charge in [0, 0.05) is 26.2 Å². The van der Waals surface area contributed by atoms with Gasteiger partial charge in [-0.2, -0.15) is 0 Å². The highest BCUT2D eigenvalue weighted by atomic mass is 35.5. The Morgan fingerprint density at radius 2 is 1.94 bits per heavy atom. The van der Waals surface area contributed by atoms with Crippen molar-refractivity contribution in [1.29, 1.82) is 0 Å². The lowest BCUT2D eigenvalue weighted by atomic mass is 10.1. The zero-order valence-electron chi connectivity index (χ0n) is 18.2. The van der Waals surface area contributed by atoms with Crippen LogP contribution in [-0.2, 0) is 13.5 Å². The quantitative estimate of drug-likeness (QED) is 0.421. The second kappa shape index (κ2) is 9.25. The summed E-state index contributed by atoms with van der Waals surface area (Å²) in [4.78, 5) is 36.4. The summed E-state index contributed by atoms with van der Waals surface area (Å²) in [6.07, 6.45) is 2.04. The number of hydrogen-bond acceptors (Lipinski definition) is 5. The number of ether oxygens (including phenoxy) is 1. The maximum atomic E-state index is 13.1. The van der Waals surface area contributed by atoms with Crippen molar-refractivity contribution >= 4 is 40.4 Å². The number of methoxy groups -OCH3 is 1. The van der Waals surface area contributed by atoms with Gasteiger partial charge >= 0.3 is 11.7 Å². The molecule has 33 heavy (non-hydrogen) atoms. The van der Waals surface area contributed by atoms with Gasteiger partial charge in [0.2, 0.25) is 0 Å². The first-order chi connectivity index (χ1) is 15.8.